The SMILES string of the molecule is O=c1[nH]c(-c2cc3ccccc3cn2)nc2ccc(OCCCc3ccncc3)cc12. The van der Waals surface area contributed by atoms with Crippen LogP contribution in [0.15, 0.2) is 84.0 Å². The van der Waals surface area contributed by atoms with Gasteiger partial charge in [-0.05, 0) is 60.2 Å². The molecule has 152 valence electrons. The number of hydrogen-bond donors (Lipinski definition) is 1. The Kier molecular flexibility index (Phi) is 5.10. The molecular weight excluding hydrogens is 388 g/mol. The molecule has 6 nitrogen and oxygen atoms in total. The molecule has 0 radical (unpaired) electrons. The summed E-state index contributed by atoms with van der Waals surface area (Å²) < 4.78 is 5.85. The van der Waals surface area contributed by atoms with E-state index in [0.29, 0.717) is 34.8 Å². The lowest BCUT2D eigenvalue weighted by Crippen LogP contribution is -2.10. The van der Waals surface area contributed by atoms with Gasteiger partial charge in [0.1, 0.15) is 11.4 Å². The number of aryl methyl sites for hydroxylation is 1. The summed E-state index contributed by atoms with van der Waals surface area (Å²) in [6.45, 7) is 0.568. The van der Waals surface area contributed by atoms with Crippen LogP contribution in [0, 0.1) is 0 Å². The minimum atomic E-state index is -0.211. The maximum absolute atomic E-state index is 12.7. The summed E-state index contributed by atoms with van der Waals surface area (Å²) >= 11 is 0. The molecule has 5 rings (SSSR count). The Balaban J connectivity index is 1.35. The number of fused-ring (bicyclic) bond motifs is 2. The third-order valence-corrected chi connectivity index (χ3v) is 5.18. The molecule has 0 amide bonds. The van der Waals surface area contributed by atoms with E-state index in [4.69, 9.17) is 4.74 Å². The van der Waals surface area contributed by atoms with Gasteiger partial charge in [-0.15, -0.1) is 0 Å². The van der Waals surface area contributed by atoms with Crippen molar-refractivity contribution in [2.45, 2.75) is 12.8 Å². The Hall–Kier alpha value is -4.06. The summed E-state index contributed by atoms with van der Waals surface area (Å²) in [5, 5.41) is 2.59. The van der Waals surface area contributed by atoms with Crippen molar-refractivity contribution in [2.24, 2.45) is 0 Å². The zero-order valence-corrected chi connectivity index (χ0v) is 16.8. The van der Waals surface area contributed by atoms with Gasteiger partial charge in [-0.25, -0.2) is 4.98 Å². The molecule has 0 fully saturated rings. The normalized spacial score (nSPS) is 11.1. The van der Waals surface area contributed by atoms with Crippen LogP contribution < -0.4 is 10.3 Å². The fourth-order valence-electron chi connectivity index (χ4n) is 3.56. The van der Waals surface area contributed by atoms with E-state index in [9.17, 15) is 4.79 Å². The van der Waals surface area contributed by atoms with Crippen LogP contribution in [0.4, 0.5) is 0 Å². The lowest BCUT2D eigenvalue weighted by atomic mass is 10.1. The van der Waals surface area contributed by atoms with Gasteiger partial charge in [0.15, 0.2) is 5.82 Å². The maximum atomic E-state index is 12.7. The predicted molar refractivity (Wildman–Crippen MR) is 121 cm³/mol. The Labute approximate surface area is 178 Å². The number of aromatic amines is 1. The molecule has 0 saturated heterocycles. The first-order chi connectivity index (χ1) is 15.3. The molecule has 2 aromatic carbocycles. The lowest BCUT2D eigenvalue weighted by Gasteiger charge is -2.08. The largest absolute Gasteiger partial charge is 0.494 e. The number of benzene rings is 2. The zero-order chi connectivity index (χ0) is 21.0. The summed E-state index contributed by atoms with van der Waals surface area (Å²) in [7, 11) is 0. The average molecular weight is 408 g/mol. The molecule has 31 heavy (non-hydrogen) atoms. The molecule has 0 aliphatic heterocycles. The van der Waals surface area contributed by atoms with Crippen molar-refractivity contribution >= 4 is 21.7 Å². The van der Waals surface area contributed by atoms with Gasteiger partial charge in [-0.2, -0.15) is 0 Å². The molecule has 0 aliphatic carbocycles. The topological polar surface area (TPSA) is 80.8 Å². The fourth-order valence-corrected chi connectivity index (χ4v) is 3.56. The number of ether oxygens (including phenoxy) is 1. The molecule has 3 heterocycles. The third-order valence-electron chi connectivity index (χ3n) is 5.18. The van der Waals surface area contributed by atoms with Crippen LogP contribution in [0.25, 0.3) is 33.2 Å². The second-order valence-electron chi connectivity index (χ2n) is 7.32. The van der Waals surface area contributed by atoms with Crippen molar-refractivity contribution in [3.63, 3.8) is 0 Å². The van der Waals surface area contributed by atoms with Crippen LogP contribution >= 0.6 is 0 Å². The molecule has 0 aliphatic rings. The highest BCUT2D eigenvalue weighted by atomic mass is 16.5. The molecule has 0 bridgehead atoms. The highest BCUT2D eigenvalue weighted by molar-refractivity contribution is 5.85. The summed E-state index contributed by atoms with van der Waals surface area (Å²) in [5.74, 6) is 1.11. The molecule has 0 saturated carbocycles. The molecule has 6 heteroatoms. The molecule has 5 aromatic rings. The highest BCUT2D eigenvalue weighted by Crippen LogP contribution is 2.22. The molecule has 3 aromatic heterocycles. The third kappa shape index (κ3) is 4.14. The van der Waals surface area contributed by atoms with Gasteiger partial charge in [-0.3, -0.25) is 14.8 Å². The van der Waals surface area contributed by atoms with Gasteiger partial charge in [0.05, 0.1) is 17.5 Å². The monoisotopic (exact) mass is 408 g/mol. The summed E-state index contributed by atoms with van der Waals surface area (Å²) in [4.78, 5) is 28.7. The van der Waals surface area contributed by atoms with Crippen molar-refractivity contribution in [3.05, 3.63) is 95.2 Å². The minimum absolute atomic E-state index is 0.211. The number of hydrogen-bond acceptors (Lipinski definition) is 5. The zero-order valence-electron chi connectivity index (χ0n) is 16.8. The summed E-state index contributed by atoms with van der Waals surface area (Å²) in [5.41, 5.74) is 2.26. The molecule has 1 N–H and O–H groups in total. The number of nitrogens with one attached hydrogen (secondary N) is 1. The van der Waals surface area contributed by atoms with E-state index >= 15 is 0 Å². The van der Waals surface area contributed by atoms with Crippen molar-refractivity contribution in [1.29, 1.82) is 0 Å². The number of rotatable bonds is 6. The Morgan fingerprint density at radius 1 is 0.935 bits per heavy atom. The van der Waals surface area contributed by atoms with E-state index in [2.05, 4.69) is 19.9 Å². The molecular formula is C25H20N4O2. The first kappa shape index (κ1) is 18.9. The van der Waals surface area contributed by atoms with Gasteiger partial charge in [-0.1, -0.05) is 24.3 Å². The van der Waals surface area contributed by atoms with Crippen LogP contribution in [-0.2, 0) is 6.42 Å². The molecule has 0 spiro atoms. The van der Waals surface area contributed by atoms with Gasteiger partial charge in [0, 0.05) is 24.0 Å². The van der Waals surface area contributed by atoms with Crippen LogP contribution in [-0.4, -0.2) is 26.5 Å². The second kappa shape index (κ2) is 8.36. The van der Waals surface area contributed by atoms with Crippen molar-refractivity contribution in [3.8, 4) is 17.3 Å². The van der Waals surface area contributed by atoms with Crippen LogP contribution in [0.3, 0.4) is 0 Å². The van der Waals surface area contributed by atoms with Crippen molar-refractivity contribution in [1.82, 2.24) is 19.9 Å². The van der Waals surface area contributed by atoms with Crippen LogP contribution in [0.2, 0.25) is 0 Å². The predicted octanol–water partition coefficient (Wildman–Crippen LogP) is 4.54. The first-order valence-corrected chi connectivity index (χ1v) is 10.2. The van der Waals surface area contributed by atoms with Crippen molar-refractivity contribution in [2.75, 3.05) is 6.61 Å². The van der Waals surface area contributed by atoms with Crippen LogP contribution in [0.5, 0.6) is 5.75 Å². The van der Waals surface area contributed by atoms with Crippen molar-refractivity contribution < 1.29 is 4.74 Å². The standard InChI is InChI=1S/C25H20N4O2/c30-25-21-15-20(31-13-3-4-17-9-11-26-12-10-17)7-8-22(21)28-24(29-25)23-14-18-5-1-2-6-19(18)16-27-23/h1-2,5-12,14-16H,3-4,13H2,(H,28,29,30). The Morgan fingerprint density at radius 2 is 1.77 bits per heavy atom. The highest BCUT2D eigenvalue weighted by Gasteiger charge is 2.09. The van der Waals surface area contributed by atoms with E-state index in [-0.39, 0.29) is 5.56 Å². The van der Waals surface area contributed by atoms with E-state index in [1.807, 2.05) is 54.6 Å². The minimum Gasteiger partial charge on any atom is -0.494 e. The number of pyridine rings is 2. The molecule has 0 atom stereocenters. The maximum Gasteiger partial charge on any atom is 0.259 e. The fraction of sp³-hybridized carbons (Fsp3) is 0.120. The van der Waals surface area contributed by atoms with Gasteiger partial charge < -0.3 is 9.72 Å². The average Bonchev–Trinajstić information content (AvgIpc) is 2.82. The van der Waals surface area contributed by atoms with E-state index in [0.717, 1.165) is 23.6 Å². The summed E-state index contributed by atoms with van der Waals surface area (Å²) in [6, 6.07) is 19.3. The number of nitrogens with zero attached hydrogens (tertiary/aromatic N) is 3. The Morgan fingerprint density at radius 3 is 2.65 bits per heavy atom. The van der Waals surface area contributed by atoms with Crippen LogP contribution in [0.1, 0.15) is 12.0 Å². The second-order valence-corrected chi connectivity index (χ2v) is 7.32. The van der Waals surface area contributed by atoms with Gasteiger partial charge >= 0.3 is 0 Å². The van der Waals surface area contributed by atoms with E-state index < -0.39 is 0 Å². The smallest absolute Gasteiger partial charge is 0.259 e. The Bertz CT molecular complexity index is 1410. The summed E-state index contributed by atoms with van der Waals surface area (Å²) in [6.07, 6.45) is 7.17. The van der Waals surface area contributed by atoms with E-state index in [1.165, 1.54) is 5.56 Å². The quantitative estimate of drug-likeness (QED) is 0.417. The number of aromatic nitrogens is 4. The first-order valence-electron chi connectivity index (χ1n) is 10.2. The number of H-pyrrole nitrogens is 1. The molecule has 0 unspecified atom stereocenters. The lowest BCUT2D eigenvalue weighted by molar-refractivity contribution is 0.311. The van der Waals surface area contributed by atoms with E-state index in [1.54, 1.807) is 24.7 Å². The van der Waals surface area contributed by atoms with Gasteiger partial charge in [0.25, 0.3) is 5.56 Å². The van der Waals surface area contributed by atoms with Gasteiger partial charge in [0.2, 0.25) is 0 Å².